The van der Waals surface area contributed by atoms with Gasteiger partial charge in [0.25, 0.3) is 6.43 Å². The molecule has 12 heavy (non-hydrogen) atoms. The van der Waals surface area contributed by atoms with Crippen LogP contribution in [0.15, 0.2) is 0 Å². The quantitative estimate of drug-likeness (QED) is 0.542. The van der Waals surface area contributed by atoms with Gasteiger partial charge in [-0.1, -0.05) is 0 Å². The molecule has 0 aromatic heterocycles. The van der Waals surface area contributed by atoms with Gasteiger partial charge in [-0.05, 0) is 0 Å². The first-order valence-electron chi connectivity index (χ1n) is 2.77. The molecule has 0 fully saturated rings. The molecule has 0 nitrogen and oxygen atoms in total. The molecule has 0 N–H and O–H groups in total. The molecule has 0 aromatic rings. The van der Waals surface area contributed by atoms with E-state index in [0.717, 1.165) is 0 Å². The predicted octanol–water partition coefficient (Wildman–Crippen LogP) is 1.32. The number of rotatable bonds is 4. The molecule has 0 spiro atoms. The Labute approximate surface area is 106 Å². The second-order valence-electron chi connectivity index (χ2n) is 1.89. The zero-order valence-electron chi connectivity index (χ0n) is 5.28. The maximum absolute atomic E-state index is 12.0. The number of hydrogen-bond donors (Lipinski definition) is 0. The van der Waals surface area contributed by atoms with Crippen LogP contribution in [0.5, 0.6) is 0 Å². The molecular formula is C5H8BaF6. The van der Waals surface area contributed by atoms with E-state index in [1.807, 2.05) is 0 Å². The summed E-state index contributed by atoms with van der Waals surface area (Å²) in [6, 6.07) is 0. The summed E-state index contributed by atoms with van der Waals surface area (Å²) in [7, 11) is 0. The Morgan fingerprint density at radius 1 is 0.833 bits per heavy atom. The SMILES string of the molecule is FCC(F)C(F)C(F)C(F)F.[BaH2]. The first kappa shape index (κ1) is 15.6. The van der Waals surface area contributed by atoms with E-state index in [-0.39, 0.29) is 48.9 Å². The van der Waals surface area contributed by atoms with E-state index in [2.05, 4.69) is 0 Å². The fraction of sp³-hybridized carbons (Fsp3) is 1.00. The van der Waals surface area contributed by atoms with E-state index in [0.29, 0.717) is 0 Å². The van der Waals surface area contributed by atoms with Crippen LogP contribution < -0.4 is 0 Å². The van der Waals surface area contributed by atoms with Crippen LogP contribution in [0.25, 0.3) is 0 Å². The van der Waals surface area contributed by atoms with Crippen LogP contribution in [-0.4, -0.2) is 80.5 Å². The monoisotopic (exact) mass is 320 g/mol. The van der Waals surface area contributed by atoms with Gasteiger partial charge < -0.3 is 0 Å². The Kier molecular flexibility index (Phi) is 9.82. The number of hydrogen-bond acceptors (Lipinski definition) is 0. The first-order chi connectivity index (χ1) is 5.00. The van der Waals surface area contributed by atoms with Crippen molar-refractivity contribution in [2.24, 2.45) is 0 Å². The Morgan fingerprint density at radius 3 is 1.50 bits per heavy atom. The van der Waals surface area contributed by atoms with Gasteiger partial charge in [-0.15, -0.1) is 0 Å². The molecule has 0 aliphatic carbocycles. The molecule has 0 aliphatic rings. The third-order valence-electron chi connectivity index (χ3n) is 1.04. The van der Waals surface area contributed by atoms with Gasteiger partial charge in [0.05, 0.1) is 0 Å². The standard InChI is InChI=1S/C5H6F6.Ba.2H/c6-1-2(7)3(8)4(9)5(10)11;;;/h2-5H,1H2;;;. The second-order valence-corrected chi connectivity index (χ2v) is 1.89. The molecule has 0 radical (unpaired) electrons. The zero-order chi connectivity index (χ0) is 9.02. The van der Waals surface area contributed by atoms with Crippen LogP contribution >= 0.6 is 0 Å². The summed E-state index contributed by atoms with van der Waals surface area (Å²) in [5.74, 6) is 0. The van der Waals surface area contributed by atoms with Crippen molar-refractivity contribution >= 4 is 48.9 Å². The van der Waals surface area contributed by atoms with Crippen LogP contribution in [0.4, 0.5) is 26.3 Å². The summed E-state index contributed by atoms with van der Waals surface area (Å²) in [5.41, 5.74) is 0. The van der Waals surface area contributed by atoms with Crippen molar-refractivity contribution in [1.82, 2.24) is 0 Å². The van der Waals surface area contributed by atoms with Crippen molar-refractivity contribution in [2.75, 3.05) is 6.67 Å². The fourth-order valence-corrected chi connectivity index (χ4v) is 0.424. The Balaban J connectivity index is 0. The van der Waals surface area contributed by atoms with E-state index in [1.54, 1.807) is 0 Å². The minimum atomic E-state index is -3.62. The molecule has 0 saturated carbocycles. The third kappa shape index (κ3) is 5.01. The number of halogens is 6. The van der Waals surface area contributed by atoms with Gasteiger partial charge in [0.1, 0.15) is 6.67 Å². The average molecular weight is 319 g/mol. The molecule has 0 amide bonds. The Hall–Kier alpha value is 1.15. The third-order valence-corrected chi connectivity index (χ3v) is 1.04. The summed E-state index contributed by atoms with van der Waals surface area (Å²) in [4.78, 5) is 0. The number of alkyl halides is 6. The van der Waals surface area contributed by atoms with Gasteiger partial charge in [-0.2, -0.15) is 0 Å². The molecule has 0 aliphatic heterocycles. The maximum atomic E-state index is 12.0. The van der Waals surface area contributed by atoms with E-state index >= 15 is 0 Å². The molecule has 0 rings (SSSR count). The Bertz CT molecular complexity index is 110. The first-order valence-corrected chi connectivity index (χ1v) is 2.77. The van der Waals surface area contributed by atoms with Gasteiger partial charge in [-0.25, -0.2) is 26.3 Å². The molecule has 0 bridgehead atoms. The molecule has 0 saturated heterocycles. The molecule has 0 heterocycles. The van der Waals surface area contributed by atoms with E-state index in [4.69, 9.17) is 0 Å². The van der Waals surface area contributed by atoms with Gasteiger partial charge in [0.2, 0.25) is 0 Å². The summed E-state index contributed by atoms with van der Waals surface area (Å²) < 4.78 is 69.4. The summed E-state index contributed by atoms with van der Waals surface area (Å²) in [5, 5.41) is 0. The summed E-state index contributed by atoms with van der Waals surface area (Å²) in [6.07, 6.45) is -12.8. The van der Waals surface area contributed by atoms with Crippen LogP contribution in [0.3, 0.4) is 0 Å². The van der Waals surface area contributed by atoms with Gasteiger partial charge in [-0.3, -0.25) is 0 Å². The zero-order valence-corrected chi connectivity index (χ0v) is 5.28. The fourth-order valence-electron chi connectivity index (χ4n) is 0.424. The van der Waals surface area contributed by atoms with Crippen LogP contribution in [0, 0.1) is 0 Å². The van der Waals surface area contributed by atoms with Gasteiger partial charge >= 0.3 is 48.9 Å². The van der Waals surface area contributed by atoms with Crippen LogP contribution in [0.1, 0.15) is 0 Å². The van der Waals surface area contributed by atoms with Crippen molar-refractivity contribution in [3.05, 3.63) is 0 Å². The molecule has 72 valence electrons. The van der Waals surface area contributed by atoms with Crippen molar-refractivity contribution in [3.63, 3.8) is 0 Å². The van der Waals surface area contributed by atoms with Crippen molar-refractivity contribution in [1.29, 1.82) is 0 Å². The van der Waals surface area contributed by atoms with Crippen LogP contribution in [-0.2, 0) is 0 Å². The predicted molar refractivity (Wildman–Crippen MR) is 35.2 cm³/mol. The van der Waals surface area contributed by atoms with Crippen molar-refractivity contribution in [2.45, 2.75) is 24.9 Å². The van der Waals surface area contributed by atoms with E-state index in [9.17, 15) is 26.3 Å². The topological polar surface area (TPSA) is 0 Å². The van der Waals surface area contributed by atoms with Gasteiger partial charge in [0.15, 0.2) is 18.5 Å². The molecular weight excluding hydrogens is 311 g/mol. The summed E-state index contributed by atoms with van der Waals surface area (Å²) >= 11 is 0. The minimum absolute atomic E-state index is 0. The van der Waals surface area contributed by atoms with Crippen molar-refractivity contribution < 1.29 is 26.3 Å². The van der Waals surface area contributed by atoms with E-state index < -0.39 is 31.6 Å². The molecule has 3 atom stereocenters. The van der Waals surface area contributed by atoms with Crippen molar-refractivity contribution in [3.8, 4) is 0 Å². The second kappa shape index (κ2) is 7.55. The van der Waals surface area contributed by atoms with Crippen LogP contribution in [0.2, 0.25) is 0 Å². The summed E-state index contributed by atoms with van der Waals surface area (Å²) in [6.45, 7) is -1.80. The van der Waals surface area contributed by atoms with Gasteiger partial charge in [0, 0.05) is 0 Å². The van der Waals surface area contributed by atoms with E-state index in [1.165, 1.54) is 0 Å². The Morgan fingerprint density at radius 2 is 1.25 bits per heavy atom. The molecule has 7 heteroatoms. The normalized spacial score (nSPS) is 18.2. The molecule has 0 aromatic carbocycles. The molecule has 3 unspecified atom stereocenters. The average Bonchev–Trinajstić information content (AvgIpc) is 2.00.